The number of carbonyl (C=O) groups is 1. The van der Waals surface area contributed by atoms with E-state index >= 15 is 4.39 Å². The average Bonchev–Trinajstić information content (AvgIpc) is 3.27. The van der Waals surface area contributed by atoms with Gasteiger partial charge < -0.3 is 15.5 Å². The summed E-state index contributed by atoms with van der Waals surface area (Å²) in [6, 6.07) is 10.6. The summed E-state index contributed by atoms with van der Waals surface area (Å²) in [6.45, 7) is 0.509. The Kier molecular flexibility index (Phi) is 7.55. The number of benzene rings is 2. The number of sulfonamides is 1. The molecule has 0 aliphatic carbocycles. The van der Waals surface area contributed by atoms with Gasteiger partial charge in [-0.3, -0.25) is 9.36 Å². The highest BCUT2D eigenvalue weighted by molar-refractivity contribution is 7.92. The van der Waals surface area contributed by atoms with Crippen molar-refractivity contribution in [1.29, 1.82) is 0 Å². The molecule has 2 aromatic heterocycles. The second kappa shape index (κ2) is 10.5. The fraction of sp³-hybridized carbons (Fsp3) is 0.167. The van der Waals surface area contributed by atoms with E-state index in [2.05, 4.69) is 10.6 Å². The molecule has 9 nitrogen and oxygen atoms in total. The first-order chi connectivity index (χ1) is 17.5. The van der Waals surface area contributed by atoms with E-state index in [0.717, 1.165) is 34.0 Å². The molecule has 0 saturated carbocycles. The Balaban J connectivity index is 1.65. The smallest absolute Gasteiger partial charge is 0.333 e. The summed E-state index contributed by atoms with van der Waals surface area (Å²) in [5.74, 6) is -0.783. The molecular formula is C24H23ClFN5O4S2. The van der Waals surface area contributed by atoms with Crippen LogP contribution < -0.4 is 20.9 Å². The molecule has 0 aliphatic heterocycles. The topological polar surface area (TPSA) is 113 Å². The summed E-state index contributed by atoms with van der Waals surface area (Å²) in [7, 11) is 1.43. The van der Waals surface area contributed by atoms with E-state index in [9.17, 15) is 18.0 Å². The van der Waals surface area contributed by atoms with Gasteiger partial charge in [0.2, 0.25) is 0 Å². The predicted molar refractivity (Wildman–Crippen MR) is 145 cm³/mol. The molecule has 3 N–H and O–H groups in total. The molecule has 37 heavy (non-hydrogen) atoms. The zero-order valence-corrected chi connectivity index (χ0v) is 22.4. The highest BCUT2D eigenvalue weighted by Crippen LogP contribution is 2.26. The van der Waals surface area contributed by atoms with Crippen LogP contribution in [-0.2, 0) is 16.6 Å². The number of thiophene rings is 1. The minimum atomic E-state index is -4.14. The number of fused-ring (bicyclic) bond motifs is 1. The number of carbonyl (C=O) groups excluding carboxylic acids is 1. The number of nitrogens with one attached hydrogen (secondary N) is 3. The van der Waals surface area contributed by atoms with Gasteiger partial charge in [0, 0.05) is 36.6 Å². The van der Waals surface area contributed by atoms with Crippen LogP contribution in [0.1, 0.15) is 5.56 Å². The van der Waals surface area contributed by atoms with Crippen LogP contribution in [-0.4, -0.2) is 45.1 Å². The summed E-state index contributed by atoms with van der Waals surface area (Å²) in [5, 5.41) is 6.53. The molecule has 2 amide bonds. The van der Waals surface area contributed by atoms with Crippen LogP contribution in [0.15, 0.2) is 63.7 Å². The molecular weight excluding hydrogens is 541 g/mol. The number of halogens is 2. The molecule has 0 bridgehead atoms. The van der Waals surface area contributed by atoms with Gasteiger partial charge in [0.05, 0.1) is 10.0 Å². The van der Waals surface area contributed by atoms with E-state index in [1.165, 1.54) is 28.8 Å². The summed E-state index contributed by atoms with van der Waals surface area (Å²) in [4.78, 5) is 27.5. The van der Waals surface area contributed by atoms with Crippen LogP contribution in [0.4, 0.5) is 20.6 Å². The van der Waals surface area contributed by atoms with Crippen molar-refractivity contribution in [3.8, 4) is 5.69 Å². The predicted octanol–water partition coefficient (Wildman–Crippen LogP) is 4.46. The van der Waals surface area contributed by atoms with Crippen molar-refractivity contribution < 1.29 is 17.6 Å². The molecule has 0 saturated heterocycles. The van der Waals surface area contributed by atoms with Gasteiger partial charge >= 0.3 is 6.03 Å². The SMILES string of the molecule is CNc1ccc2c(=O)n(-c3ccc(NC(=O)NS(=O)(=O)c4ccc(Cl)s4)cc3F)cc(CN(C)C)c2c1. The maximum atomic E-state index is 15.2. The number of aromatic nitrogens is 1. The highest BCUT2D eigenvalue weighted by atomic mass is 35.5. The fourth-order valence-electron chi connectivity index (χ4n) is 3.76. The first-order valence-electron chi connectivity index (χ1n) is 10.9. The van der Waals surface area contributed by atoms with E-state index in [0.29, 0.717) is 11.9 Å². The zero-order valence-electron chi connectivity index (χ0n) is 20.0. The Bertz CT molecular complexity index is 1670. The van der Waals surface area contributed by atoms with Crippen LogP contribution in [0.3, 0.4) is 0 Å². The number of amides is 2. The monoisotopic (exact) mass is 563 g/mol. The Labute approximate surface area is 221 Å². The summed E-state index contributed by atoms with van der Waals surface area (Å²) >= 11 is 6.55. The molecule has 194 valence electrons. The molecule has 2 aromatic carbocycles. The van der Waals surface area contributed by atoms with Crippen molar-refractivity contribution in [1.82, 2.24) is 14.2 Å². The first kappa shape index (κ1) is 26.6. The van der Waals surface area contributed by atoms with E-state index in [1.54, 1.807) is 25.4 Å². The minimum absolute atomic E-state index is 0.000762. The summed E-state index contributed by atoms with van der Waals surface area (Å²) in [5.41, 5.74) is 1.24. The largest absolute Gasteiger partial charge is 0.388 e. The Morgan fingerprint density at radius 3 is 2.43 bits per heavy atom. The minimum Gasteiger partial charge on any atom is -0.388 e. The van der Waals surface area contributed by atoms with Gasteiger partial charge in [0.25, 0.3) is 15.6 Å². The fourth-order valence-corrected chi connectivity index (χ4v) is 6.15. The molecule has 0 spiro atoms. The van der Waals surface area contributed by atoms with Gasteiger partial charge in [-0.2, -0.15) is 0 Å². The van der Waals surface area contributed by atoms with Gasteiger partial charge in [0.15, 0.2) is 0 Å². The van der Waals surface area contributed by atoms with Crippen molar-refractivity contribution in [2.24, 2.45) is 0 Å². The molecule has 2 heterocycles. The molecule has 0 radical (unpaired) electrons. The van der Waals surface area contributed by atoms with Crippen molar-refractivity contribution in [2.45, 2.75) is 10.8 Å². The van der Waals surface area contributed by atoms with Gasteiger partial charge in [-0.15, -0.1) is 11.3 Å². The third-order valence-corrected chi connectivity index (χ3v) is 8.43. The molecule has 13 heteroatoms. The van der Waals surface area contributed by atoms with Gasteiger partial charge in [-0.05, 0) is 73.6 Å². The molecule has 4 aromatic rings. The summed E-state index contributed by atoms with van der Waals surface area (Å²) < 4.78 is 43.0. The Morgan fingerprint density at radius 1 is 1.08 bits per heavy atom. The maximum absolute atomic E-state index is 15.2. The normalized spacial score (nSPS) is 11.6. The number of anilines is 2. The average molecular weight is 564 g/mol. The van der Waals surface area contributed by atoms with Crippen molar-refractivity contribution in [3.63, 3.8) is 0 Å². The van der Waals surface area contributed by atoms with Crippen molar-refractivity contribution >= 4 is 61.1 Å². The summed E-state index contributed by atoms with van der Waals surface area (Å²) in [6.07, 6.45) is 1.60. The van der Waals surface area contributed by atoms with Crippen LogP contribution >= 0.6 is 22.9 Å². The molecule has 0 atom stereocenters. The standard InChI is InChI=1S/C24H23ClFN5O4S2/c1-27-15-4-6-17-18(10-15)14(12-30(2)3)13-31(23(17)32)20-7-5-16(11-19(20)26)28-24(33)29-37(34,35)22-9-8-21(25)36-22/h4-11,13,27H,12H2,1-3H3,(H2,28,29,33). The lowest BCUT2D eigenvalue weighted by Crippen LogP contribution is -2.34. The number of hydrogen-bond acceptors (Lipinski definition) is 7. The lowest BCUT2D eigenvalue weighted by Gasteiger charge is -2.17. The number of pyridine rings is 1. The number of hydrogen-bond donors (Lipinski definition) is 3. The van der Waals surface area contributed by atoms with E-state index in [4.69, 9.17) is 11.6 Å². The van der Waals surface area contributed by atoms with Crippen LogP contribution in [0, 0.1) is 5.82 Å². The molecule has 0 unspecified atom stereocenters. The van der Waals surface area contributed by atoms with Gasteiger partial charge in [-0.25, -0.2) is 22.3 Å². The number of urea groups is 1. The number of rotatable bonds is 7. The van der Waals surface area contributed by atoms with Crippen molar-refractivity contribution in [3.05, 3.63) is 80.8 Å². The van der Waals surface area contributed by atoms with Crippen LogP contribution in [0.5, 0.6) is 0 Å². The third kappa shape index (κ3) is 5.77. The molecule has 0 aliphatic rings. The van der Waals surface area contributed by atoms with Crippen LogP contribution in [0.2, 0.25) is 4.34 Å². The second-order valence-corrected chi connectivity index (χ2v) is 12.0. The highest BCUT2D eigenvalue weighted by Gasteiger charge is 2.20. The molecule has 4 rings (SSSR count). The quantitative estimate of drug-likeness (QED) is 0.306. The lowest BCUT2D eigenvalue weighted by molar-refractivity contribution is 0.256. The van der Waals surface area contributed by atoms with E-state index < -0.39 is 27.4 Å². The first-order valence-corrected chi connectivity index (χ1v) is 13.6. The van der Waals surface area contributed by atoms with Crippen molar-refractivity contribution in [2.75, 3.05) is 31.8 Å². The molecule has 0 fully saturated rings. The van der Waals surface area contributed by atoms with E-state index in [-0.39, 0.29) is 19.9 Å². The Morgan fingerprint density at radius 2 is 1.81 bits per heavy atom. The van der Waals surface area contributed by atoms with Gasteiger partial charge in [-0.1, -0.05) is 11.6 Å². The third-order valence-electron chi connectivity index (χ3n) is 5.38. The zero-order chi connectivity index (χ0) is 26.9. The Hall–Kier alpha value is -3.45. The second-order valence-electron chi connectivity index (χ2n) is 8.36. The van der Waals surface area contributed by atoms with Crippen LogP contribution in [0.25, 0.3) is 16.5 Å². The lowest BCUT2D eigenvalue weighted by atomic mass is 10.1. The van der Waals surface area contributed by atoms with Gasteiger partial charge in [0.1, 0.15) is 10.0 Å². The van der Waals surface area contributed by atoms with E-state index in [1.807, 2.05) is 29.8 Å². The maximum Gasteiger partial charge on any atom is 0.333 e. The number of nitrogens with zero attached hydrogens (tertiary/aromatic N) is 2.